The highest BCUT2D eigenvalue weighted by Gasteiger charge is 2.14. The second-order valence-electron chi connectivity index (χ2n) is 6.28. The molecule has 0 bridgehead atoms. The van der Waals surface area contributed by atoms with Gasteiger partial charge in [-0.1, -0.05) is 29.8 Å². The monoisotopic (exact) mass is 352 g/mol. The van der Waals surface area contributed by atoms with Crippen molar-refractivity contribution in [2.45, 2.75) is 19.4 Å². The van der Waals surface area contributed by atoms with Gasteiger partial charge in [0.15, 0.2) is 0 Å². The zero-order valence-corrected chi connectivity index (χ0v) is 14.8. The van der Waals surface area contributed by atoms with Crippen LogP contribution in [0.1, 0.15) is 16.7 Å². The van der Waals surface area contributed by atoms with Gasteiger partial charge >= 0.3 is 0 Å². The van der Waals surface area contributed by atoms with Gasteiger partial charge < -0.3 is 10.6 Å². The lowest BCUT2D eigenvalue weighted by Gasteiger charge is -2.16. The second kappa shape index (κ2) is 7.30. The molecule has 4 rings (SSSR count). The van der Waals surface area contributed by atoms with E-state index in [1.54, 1.807) is 6.20 Å². The molecule has 0 atom stereocenters. The van der Waals surface area contributed by atoms with E-state index in [1.165, 1.54) is 16.7 Å². The summed E-state index contributed by atoms with van der Waals surface area (Å²) < 4.78 is 1.86. The van der Waals surface area contributed by atoms with Gasteiger partial charge in [0.2, 0.25) is 0 Å². The first-order valence-electron chi connectivity index (χ1n) is 8.65. The maximum atomic E-state index is 6.48. The fraction of sp³-hybridized carbons (Fsp3) is 0.250. The van der Waals surface area contributed by atoms with Gasteiger partial charge in [-0.3, -0.25) is 0 Å². The predicted molar refractivity (Wildman–Crippen MR) is 103 cm³/mol. The van der Waals surface area contributed by atoms with E-state index in [4.69, 9.17) is 11.6 Å². The molecule has 1 aliphatic heterocycles. The quantitative estimate of drug-likeness (QED) is 0.750. The first-order chi connectivity index (χ1) is 12.3. The summed E-state index contributed by atoms with van der Waals surface area (Å²) in [5.74, 6) is 0. The van der Waals surface area contributed by atoms with Crippen molar-refractivity contribution in [1.82, 2.24) is 15.1 Å². The van der Waals surface area contributed by atoms with Crippen LogP contribution in [0, 0.1) is 0 Å². The second-order valence-corrected chi connectivity index (χ2v) is 6.69. The van der Waals surface area contributed by atoms with E-state index in [0.717, 1.165) is 48.9 Å². The van der Waals surface area contributed by atoms with Crippen molar-refractivity contribution in [1.29, 1.82) is 0 Å². The van der Waals surface area contributed by atoms with Gasteiger partial charge in [0, 0.05) is 18.9 Å². The third-order valence-electron chi connectivity index (χ3n) is 4.66. The Morgan fingerprint density at radius 3 is 2.72 bits per heavy atom. The van der Waals surface area contributed by atoms with Crippen molar-refractivity contribution < 1.29 is 0 Å². The molecule has 0 aliphatic carbocycles. The first kappa shape index (κ1) is 16.2. The highest BCUT2D eigenvalue weighted by atomic mass is 35.5. The van der Waals surface area contributed by atoms with Crippen LogP contribution in [0.15, 0.2) is 54.9 Å². The van der Waals surface area contributed by atoms with Gasteiger partial charge in [0.05, 0.1) is 16.4 Å². The van der Waals surface area contributed by atoms with Crippen LogP contribution in [0.3, 0.4) is 0 Å². The summed E-state index contributed by atoms with van der Waals surface area (Å²) in [4.78, 5) is 0. The van der Waals surface area contributed by atoms with Crippen LogP contribution in [0.25, 0.3) is 5.69 Å². The number of aromatic nitrogens is 2. The lowest BCUT2D eigenvalue weighted by atomic mass is 10.0. The van der Waals surface area contributed by atoms with Crippen LogP contribution in [0.4, 0.5) is 5.69 Å². The van der Waals surface area contributed by atoms with Crippen molar-refractivity contribution >= 4 is 17.3 Å². The fourth-order valence-corrected chi connectivity index (χ4v) is 3.56. The molecule has 0 radical (unpaired) electrons. The molecule has 3 aromatic rings. The summed E-state index contributed by atoms with van der Waals surface area (Å²) in [7, 11) is 0. The summed E-state index contributed by atoms with van der Waals surface area (Å²) in [6, 6.07) is 14.5. The lowest BCUT2D eigenvalue weighted by Crippen LogP contribution is -2.16. The Hall–Kier alpha value is -2.30. The minimum Gasteiger partial charge on any atom is -0.380 e. The van der Waals surface area contributed by atoms with Crippen molar-refractivity contribution in [3.63, 3.8) is 0 Å². The van der Waals surface area contributed by atoms with Crippen molar-refractivity contribution in [2.24, 2.45) is 0 Å². The molecule has 0 saturated heterocycles. The third kappa shape index (κ3) is 3.55. The summed E-state index contributed by atoms with van der Waals surface area (Å²) in [5, 5.41) is 12.1. The molecule has 4 nitrogen and oxygen atoms in total. The summed E-state index contributed by atoms with van der Waals surface area (Å²) >= 11 is 6.48. The first-order valence-corrected chi connectivity index (χ1v) is 9.03. The van der Waals surface area contributed by atoms with Crippen LogP contribution in [0.2, 0.25) is 5.02 Å². The molecule has 2 heterocycles. The highest BCUT2D eigenvalue weighted by Crippen LogP contribution is 2.31. The van der Waals surface area contributed by atoms with E-state index < -0.39 is 0 Å². The molecule has 128 valence electrons. The Balaban J connectivity index is 1.51. The SMILES string of the molecule is Clc1ccc2c(c1NCc1ccc(-n3cccn3)cc1)CCNCC2. The Morgan fingerprint density at radius 1 is 1.08 bits per heavy atom. The number of hydrogen-bond acceptors (Lipinski definition) is 3. The molecule has 1 aromatic heterocycles. The average molecular weight is 353 g/mol. The molecule has 0 saturated carbocycles. The molecule has 2 N–H and O–H groups in total. The fourth-order valence-electron chi connectivity index (χ4n) is 3.31. The van der Waals surface area contributed by atoms with Gasteiger partial charge in [-0.2, -0.15) is 5.10 Å². The molecule has 5 heteroatoms. The standard InChI is InChI=1S/C20H21ClN4/c21-19-7-4-16-8-11-22-12-9-18(16)20(19)23-14-15-2-5-17(6-3-15)25-13-1-10-24-25/h1-7,10,13,22-23H,8-9,11-12,14H2. The Bertz CT molecular complexity index is 841. The van der Waals surface area contributed by atoms with E-state index in [1.807, 2.05) is 23.0 Å². The average Bonchev–Trinajstić information content (AvgIpc) is 3.07. The van der Waals surface area contributed by atoms with Gasteiger partial charge in [-0.15, -0.1) is 0 Å². The summed E-state index contributed by atoms with van der Waals surface area (Å²) in [6.45, 7) is 2.78. The molecule has 0 spiro atoms. The van der Waals surface area contributed by atoms with E-state index in [9.17, 15) is 0 Å². The lowest BCUT2D eigenvalue weighted by molar-refractivity contribution is 0.711. The van der Waals surface area contributed by atoms with Gasteiger partial charge in [-0.05, 0) is 66.9 Å². The molecule has 0 fully saturated rings. The maximum Gasteiger partial charge on any atom is 0.0645 e. The minimum absolute atomic E-state index is 0.753. The number of benzene rings is 2. The highest BCUT2D eigenvalue weighted by molar-refractivity contribution is 6.33. The molecular formula is C20H21ClN4. The van der Waals surface area contributed by atoms with E-state index in [-0.39, 0.29) is 0 Å². The number of anilines is 1. The Morgan fingerprint density at radius 2 is 1.92 bits per heavy atom. The molecule has 2 aromatic carbocycles. The van der Waals surface area contributed by atoms with Crippen LogP contribution in [0.5, 0.6) is 0 Å². The summed E-state index contributed by atoms with van der Waals surface area (Å²) in [6.07, 6.45) is 5.80. The number of nitrogens with zero attached hydrogens (tertiary/aromatic N) is 2. The topological polar surface area (TPSA) is 41.9 Å². The Kier molecular flexibility index (Phi) is 4.72. The van der Waals surface area contributed by atoms with Crippen LogP contribution < -0.4 is 10.6 Å². The van der Waals surface area contributed by atoms with Crippen LogP contribution in [-0.4, -0.2) is 22.9 Å². The van der Waals surface area contributed by atoms with Crippen LogP contribution >= 0.6 is 11.6 Å². The number of nitrogens with one attached hydrogen (secondary N) is 2. The predicted octanol–water partition coefficient (Wildman–Crippen LogP) is 3.83. The van der Waals surface area contributed by atoms with E-state index >= 15 is 0 Å². The molecule has 1 aliphatic rings. The zero-order chi connectivity index (χ0) is 17.1. The van der Waals surface area contributed by atoms with E-state index in [0.29, 0.717) is 0 Å². The molecule has 0 amide bonds. The largest absolute Gasteiger partial charge is 0.380 e. The van der Waals surface area contributed by atoms with Crippen LogP contribution in [-0.2, 0) is 19.4 Å². The minimum atomic E-state index is 0.753. The van der Waals surface area contributed by atoms with Crippen molar-refractivity contribution in [2.75, 3.05) is 18.4 Å². The van der Waals surface area contributed by atoms with Gasteiger partial charge in [0.25, 0.3) is 0 Å². The number of fused-ring (bicyclic) bond motifs is 1. The smallest absolute Gasteiger partial charge is 0.0645 e. The van der Waals surface area contributed by atoms with Crippen molar-refractivity contribution in [3.05, 3.63) is 76.6 Å². The number of hydrogen-bond donors (Lipinski definition) is 2. The number of halogens is 1. The summed E-state index contributed by atoms with van der Waals surface area (Å²) in [5.41, 5.74) is 6.11. The van der Waals surface area contributed by atoms with Gasteiger partial charge in [0.1, 0.15) is 0 Å². The molecular weight excluding hydrogens is 332 g/mol. The normalized spacial score (nSPS) is 14.0. The molecule has 25 heavy (non-hydrogen) atoms. The zero-order valence-electron chi connectivity index (χ0n) is 14.0. The van der Waals surface area contributed by atoms with Gasteiger partial charge in [-0.25, -0.2) is 4.68 Å². The molecule has 0 unspecified atom stereocenters. The van der Waals surface area contributed by atoms with Crippen molar-refractivity contribution in [3.8, 4) is 5.69 Å². The number of rotatable bonds is 4. The van der Waals surface area contributed by atoms with E-state index in [2.05, 4.69) is 46.1 Å². The third-order valence-corrected chi connectivity index (χ3v) is 4.97. The maximum absolute atomic E-state index is 6.48. The Labute approximate surface area is 152 Å².